The number of rotatable bonds is 4. The number of aryl methyl sites for hydroxylation is 1. The van der Waals surface area contributed by atoms with Crippen LogP contribution in [0.25, 0.3) is 6.08 Å². The van der Waals surface area contributed by atoms with Crippen LogP contribution in [0.3, 0.4) is 0 Å². The quantitative estimate of drug-likeness (QED) is 0.532. The number of methoxy groups -OCH3 is 1. The van der Waals surface area contributed by atoms with E-state index in [1.54, 1.807) is 24.3 Å². The van der Waals surface area contributed by atoms with E-state index in [-0.39, 0.29) is 22.9 Å². The van der Waals surface area contributed by atoms with Crippen molar-refractivity contribution in [2.75, 3.05) is 7.11 Å². The molecule has 0 aromatic heterocycles. The van der Waals surface area contributed by atoms with Gasteiger partial charge in [-0.1, -0.05) is 30.3 Å². The molecule has 2 aromatic rings. The first-order valence-electron chi connectivity index (χ1n) is 6.66. The number of carbonyl (C=O) groups is 1. The van der Waals surface area contributed by atoms with Crippen molar-refractivity contribution < 1.29 is 14.6 Å². The van der Waals surface area contributed by atoms with Crippen LogP contribution < -0.4 is 4.74 Å². The number of Topliss-reactive ketones (excluding diaryl/α,β-unsaturated/α-hetero) is 1. The maximum absolute atomic E-state index is 12.5. The van der Waals surface area contributed by atoms with Gasteiger partial charge < -0.3 is 9.84 Å². The highest BCUT2D eigenvalue weighted by Crippen LogP contribution is 2.27. The number of allylic oxidation sites excluding steroid dienone is 1. The van der Waals surface area contributed by atoms with Crippen LogP contribution in [0.4, 0.5) is 0 Å². The molecule has 0 heterocycles. The topological polar surface area (TPSA) is 70.3 Å². The molecule has 4 heteroatoms. The van der Waals surface area contributed by atoms with Crippen molar-refractivity contribution in [1.29, 1.82) is 5.26 Å². The van der Waals surface area contributed by atoms with Gasteiger partial charge in [0.1, 0.15) is 11.6 Å². The number of nitrogens with zero attached hydrogens (tertiary/aromatic N) is 1. The molecule has 0 bridgehead atoms. The number of phenolic OH excluding ortho intramolecular Hbond substituents is 1. The summed E-state index contributed by atoms with van der Waals surface area (Å²) in [5.41, 5.74) is 1.95. The van der Waals surface area contributed by atoms with Gasteiger partial charge in [-0.25, -0.2) is 0 Å². The van der Waals surface area contributed by atoms with Gasteiger partial charge in [0.15, 0.2) is 11.5 Å². The van der Waals surface area contributed by atoms with Gasteiger partial charge in [-0.2, -0.15) is 5.26 Å². The van der Waals surface area contributed by atoms with Crippen molar-refractivity contribution in [2.45, 2.75) is 6.92 Å². The van der Waals surface area contributed by atoms with Crippen LogP contribution >= 0.6 is 0 Å². The highest BCUT2D eigenvalue weighted by molar-refractivity contribution is 6.14. The van der Waals surface area contributed by atoms with Gasteiger partial charge in [0.25, 0.3) is 0 Å². The number of ether oxygens (including phenoxy) is 1. The van der Waals surface area contributed by atoms with E-state index in [0.29, 0.717) is 11.1 Å². The molecule has 0 atom stereocenters. The summed E-state index contributed by atoms with van der Waals surface area (Å²) in [6.45, 7) is 1.83. The summed E-state index contributed by atoms with van der Waals surface area (Å²) in [6, 6.07) is 13.7. The minimum atomic E-state index is -0.326. The summed E-state index contributed by atoms with van der Waals surface area (Å²) in [7, 11) is 1.44. The summed E-state index contributed by atoms with van der Waals surface area (Å²) in [6.07, 6.45) is 1.48. The van der Waals surface area contributed by atoms with Gasteiger partial charge >= 0.3 is 0 Å². The fraction of sp³-hybridized carbons (Fsp3) is 0.111. The summed E-state index contributed by atoms with van der Waals surface area (Å²) in [5.74, 6) is -0.0367. The predicted octanol–water partition coefficient (Wildman–Crippen LogP) is 3.50. The Hall–Kier alpha value is -3.06. The van der Waals surface area contributed by atoms with E-state index in [2.05, 4.69) is 0 Å². The molecule has 0 saturated heterocycles. The third-order valence-electron chi connectivity index (χ3n) is 3.27. The Kier molecular flexibility index (Phi) is 4.60. The minimum Gasteiger partial charge on any atom is -0.504 e. The molecule has 1 N–H and O–H groups in total. The van der Waals surface area contributed by atoms with Crippen LogP contribution in [-0.2, 0) is 0 Å². The zero-order valence-corrected chi connectivity index (χ0v) is 12.3. The van der Waals surface area contributed by atoms with E-state index in [4.69, 9.17) is 4.74 Å². The lowest BCUT2D eigenvalue weighted by molar-refractivity contribution is 0.103. The molecule has 0 unspecified atom stereocenters. The molecule has 0 fully saturated rings. The van der Waals surface area contributed by atoms with Gasteiger partial charge in [0.05, 0.1) is 7.11 Å². The molecule has 0 aliphatic rings. The first-order chi connectivity index (χ1) is 10.6. The molecule has 0 saturated carbocycles. The molecular formula is C18H15NO3. The van der Waals surface area contributed by atoms with Crippen molar-refractivity contribution in [3.05, 3.63) is 64.7 Å². The molecule has 0 aliphatic carbocycles. The smallest absolute Gasteiger partial charge is 0.203 e. The lowest BCUT2D eigenvalue weighted by atomic mass is 9.98. The second-order valence-corrected chi connectivity index (χ2v) is 4.75. The number of phenols is 1. The molecular weight excluding hydrogens is 278 g/mol. The van der Waals surface area contributed by atoms with E-state index in [9.17, 15) is 15.2 Å². The number of ketones is 1. The van der Waals surface area contributed by atoms with E-state index in [1.165, 1.54) is 19.3 Å². The Labute approximate surface area is 128 Å². The second kappa shape index (κ2) is 6.59. The number of benzene rings is 2. The van der Waals surface area contributed by atoms with Gasteiger partial charge in [0.2, 0.25) is 5.78 Å². The van der Waals surface area contributed by atoms with Crippen molar-refractivity contribution in [3.8, 4) is 17.6 Å². The number of carbonyl (C=O) groups excluding carboxylic acids is 1. The normalized spacial score (nSPS) is 10.9. The highest BCUT2D eigenvalue weighted by Gasteiger charge is 2.14. The monoisotopic (exact) mass is 293 g/mol. The maximum Gasteiger partial charge on any atom is 0.203 e. The average Bonchev–Trinajstić information content (AvgIpc) is 2.54. The molecule has 110 valence electrons. The Balaban J connectivity index is 2.42. The average molecular weight is 293 g/mol. The standard InChI is InChI=1S/C18H15NO3/c1-12-5-3-4-6-15(12)18(21)14(11-19)9-13-7-8-16(20)17(10-13)22-2/h3-10,20H,1-2H3/b14-9+. The molecule has 22 heavy (non-hydrogen) atoms. The first kappa shape index (κ1) is 15.3. The Morgan fingerprint density at radius 3 is 2.64 bits per heavy atom. The zero-order chi connectivity index (χ0) is 16.1. The van der Waals surface area contributed by atoms with Gasteiger partial charge in [-0.15, -0.1) is 0 Å². The van der Waals surface area contributed by atoms with E-state index in [0.717, 1.165) is 5.56 Å². The summed E-state index contributed by atoms with van der Waals surface area (Å²) < 4.78 is 5.02. The van der Waals surface area contributed by atoms with Crippen molar-refractivity contribution in [1.82, 2.24) is 0 Å². The van der Waals surface area contributed by atoms with Crippen LogP contribution in [0, 0.1) is 18.3 Å². The fourth-order valence-electron chi connectivity index (χ4n) is 2.07. The molecule has 0 aliphatic heterocycles. The molecule has 2 aromatic carbocycles. The number of hydrogen-bond donors (Lipinski definition) is 1. The van der Waals surface area contributed by atoms with E-state index in [1.807, 2.05) is 25.1 Å². The molecule has 0 amide bonds. The number of hydrogen-bond acceptors (Lipinski definition) is 4. The Morgan fingerprint density at radius 1 is 1.27 bits per heavy atom. The lowest BCUT2D eigenvalue weighted by Gasteiger charge is -2.05. The minimum absolute atomic E-state index is 0.00314. The van der Waals surface area contributed by atoms with Gasteiger partial charge in [-0.3, -0.25) is 4.79 Å². The first-order valence-corrected chi connectivity index (χ1v) is 6.66. The number of aromatic hydroxyl groups is 1. The fourth-order valence-corrected chi connectivity index (χ4v) is 2.07. The van der Waals surface area contributed by atoms with Crippen LogP contribution in [0.2, 0.25) is 0 Å². The van der Waals surface area contributed by atoms with Crippen molar-refractivity contribution in [2.24, 2.45) is 0 Å². The van der Waals surface area contributed by atoms with E-state index >= 15 is 0 Å². The SMILES string of the molecule is COc1cc(/C=C(\C#N)C(=O)c2ccccc2C)ccc1O. The third-order valence-corrected chi connectivity index (χ3v) is 3.27. The lowest BCUT2D eigenvalue weighted by Crippen LogP contribution is -2.04. The summed E-state index contributed by atoms with van der Waals surface area (Å²) in [5, 5.41) is 18.8. The van der Waals surface area contributed by atoms with Crippen molar-refractivity contribution >= 4 is 11.9 Å². The van der Waals surface area contributed by atoms with Crippen LogP contribution in [-0.4, -0.2) is 18.0 Å². The van der Waals surface area contributed by atoms with E-state index < -0.39 is 0 Å². The van der Waals surface area contributed by atoms with Crippen LogP contribution in [0.15, 0.2) is 48.0 Å². The third kappa shape index (κ3) is 3.15. The molecule has 0 radical (unpaired) electrons. The molecule has 2 rings (SSSR count). The van der Waals surface area contributed by atoms with Gasteiger partial charge in [0, 0.05) is 5.56 Å². The molecule has 4 nitrogen and oxygen atoms in total. The van der Waals surface area contributed by atoms with Crippen LogP contribution in [0.1, 0.15) is 21.5 Å². The van der Waals surface area contributed by atoms with Gasteiger partial charge in [-0.05, 0) is 36.3 Å². The summed E-state index contributed by atoms with van der Waals surface area (Å²) in [4.78, 5) is 12.5. The number of nitriles is 1. The highest BCUT2D eigenvalue weighted by atomic mass is 16.5. The Bertz CT molecular complexity index is 785. The second-order valence-electron chi connectivity index (χ2n) is 4.75. The molecule has 0 spiro atoms. The summed E-state index contributed by atoms with van der Waals surface area (Å²) >= 11 is 0. The van der Waals surface area contributed by atoms with Crippen molar-refractivity contribution in [3.63, 3.8) is 0 Å². The Morgan fingerprint density at radius 2 is 2.00 bits per heavy atom. The van der Waals surface area contributed by atoms with Crippen LogP contribution in [0.5, 0.6) is 11.5 Å². The predicted molar refractivity (Wildman–Crippen MR) is 83.8 cm³/mol. The maximum atomic E-state index is 12.5. The largest absolute Gasteiger partial charge is 0.504 e. The zero-order valence-electron chi connectivity index (χ0n) is 12.3.